The van der Waals surface area contributed by atoms with Crippen molar-refractivity contribution in [3.63, 3.8) is 0 Å². The number of benzene rings is 2. The highest BCUT2D eigenvalue weighted by Crippen LogP contribution is 2.39. The molecule has 42 heavy (non-hydrogen) atoms. The van der Waals surface area contributed by atoms with Crippen LogP contribution >= 0.6 is 35.6 Å². The summed E-state index contributed by atoms with van der Waals surface area (Å²) in [7, 11) is 0. The lowest BCUT2D eigenvalue weighted by atomic mass is 9.98. The maximum atomic E-state index is 12.6. The number of nitrogens with zero attached hydrogens (tertiary/aromatic N) is 3. The second-order valence-corrected chi connectivity index (χ2v) is 13.5. The lowest BCUT2D eigenvalue weighted by Gasteiger charge is -2.34. The smallest absolute Gasteiger partial charge is 0.411 e. The predicted molar refractivity (Wildman–Crippen MR) is 173 cm³/mol. The number of likely N-dealkylation sites (tertiary alicyclic amines) is 1. The van der Waals surface area contributed by atoms with Gasteiger partial charge in [0.1, 0.15) is 22.8 Å². The van der Waals surface area contributed by atoms with Crippen LogP contribution in [0.4, 0.5) is 4.79 Å². The fourth-order valence-electron chi connectivity index (χ4n) is 5.81. The van der Waals surface area contributed by atoms with Crippen molar-refractivity contribution in [1.82, 2.24) is 30.2 Å². The maximum absolute atomic E-state index is 12.6. The molecule has 228 valence electrons. The van der Waals surface area contributed by atoms with Crippen LogP contribution in [0, 0.1) is 13.8 Å². The van der Waals surface area contributed by atoms with Gasteiger partial charge in [-0.15, -0.1) is 12.4 Å². The van der Waals surface area contributed by atoms with Gasteiger partial charge in [-0.05, 0) is 116 Å². The van der Waals surface area contributed by atoms with E-state index in [2.05, 4.69) is 22.2 Å². The molecule has 2 fully saturated rings. The largest absolute Gasteiger partial charge is 0.444 e. The average molecular weight is 636 g/mol. The van der Waals surface area contributed by atoms with E-state index >= 15 is 0 Å². The number of ether oxygens (including phenoxy) is 1. The number of hydrogen-bond donors (Lipinski definition) is 3. The van der Waals surface area contributed by atoms with Crippen molar-refractivity contribution in [2.24, 2.45) is 0 Å². The summed E-state index contributed by atoms with van der Waals surface area (Å²) in [4.78, 5) is 30.7. The van der Waals surface area contributed by atoms with Crippen LogP contribution < -0.4 is 5.32 Å². The molecule has 0 aliphatic carbocycles. The number of fused-ring (bicyclic) bond motifs is 2. The molecule has 2 aromatic carbocycles. The summed E-state index contributed by atoms with van der Waals surface area (Å²) in [5.74, 6) is 1.81. The number of rotatable bonds is 2. The van der Waals surface area contributed by atoms with Crippen molar-refractivity contribution in [2.45, 2.75) is 90.8 Å². The molecular formula is C31H41Cl3N6O2. The van der Waals surface area contributed by atoms with Crippen molar-refractivity contribution >= 4 is 63.8 Å². The fraction of sp³-hybridized carbons (Fsp3) is 0.516. The summed E-state index contributed by atoms with van der Waals surface area (Å²) in [6.07, 6.45) is 3.80. The molecule has 2 saturated heterocycles. The van der Waals surface area contributed by atoms with Gasteiger partial charge in [0.05, 0.1) is 27.6 Å². The third kappa shape index (κ3) is 6.09. The Kier molecular flexibility index (Phi) is 9.16. The van der Waals surface area contributed by atoms with E-state index in [9.17, 15) is 4.79 Å². The second kappa shape index (κ2) is 11.9. The SMILES string of the molecule is Cc1c(Cl)ccc2[nH]c([C@]3(C)CCCN3)nc12.Cc1c(Cl)ccc2[nH]c([C@]3(C)CCCN3C(=O)OC(C)(C)C)nc12.Cl. The number of aromatic nitrogens is 4. The lowest BCUT2D eigenvalue weighted by Crippen LogP contribution is -2.46. The molecule has 2 aliphatic heterocycles. The molecule has 0 saturated carbocycles. The van der Waals surface area contributed by atoms with E-state index < -0.39 is 11.1 Å². The molecule has 6 rings (SSSR count). The Labute approximate surface area is 263 Å². The third-order valence-corrected chi connectivity index (χ3v) is 9.16. The number of H-pyrrole nitrogens is 2. The van der Waals surface area contributed by atoms with Crippen molar-refractivity contribution in [3.05, 3.63) is 57.1 Å². The zero-order chi connectivity index (χ0) is 29.7. The molecule has 3 N–H and O–H groups in total. The van der Waals surface area contributed by atoms with Crippen LogP contribution in [-0.4, -0.2) is 49.6 Å². The van der Waals surface area contributed by atoms with Gasteiger partial charge in [0.15, 0.2) is 0 Å². The Bertz CT molecular complexity index is 1600. The number of aryl methyl sites for hydroxylation is 2. The van der Waals surface area contributed by atoms with Gasteiger partial charge in [0.2, 0.25) is 0 Å². The molecule has 1 amide bonds. The molecule has 0 unspecified atom stereocenters. The van der Waals surface area contributed by atoms with Gasteiger partial charge in [0.25, 0.3) is 0 Å². The molecule has 0 spiro atoms. The van der Waals surface area contributed by atoms with Crippen LogP contribution in [0.5, 0.6) is 0 Å². The number of hydrogen-bond acceptors (Lipinski definition) is 5. The normalized spacial score (nSPS) is 22.3. The Morgan fingerprint density at radius 2 is 1.45 bits per heavy atom. The molecule has 2 aromatic heterocycles. The summed E-state index contributed by atoms with van der Waals surface area (Å²) in [5.41, 5.74) is 4.81. The number of carbonyl (C=O) groups is 1. The summed E-state index contributed by atoms with van der Waals surface area (Å²) in [5, 5.41) is 4.99. The molecule has 0 radical (unpaired) electrons. The topological polar surface area (TPSA) is 98.9 Å². The zero-order valence-corrected chi connectivity index (χ0v) is 27.7. The fourth-order valence-corrected chi connectivity index (χ4v) is 6.11. The molecule has 4 heterocycles. The number of imidazole rings is 2. The second-order valence-electron chi connectivity index (χ2n) is 12.7. The van der Waals surface area contributed by atoms with Crippen LogP contribution in [0.2, 0.25) is 10.0 Å². The van der Waals surface area contributed by atoms with E-state index in [1.165, 1.54) is 6.42 Å². The maximum Gasteiger partial charge on any atom is 0.411 e. The molecule has 0 bridgehead atoms. The third-order valence-electron chi connectivity index (χ3n) is 8.34. The van der Waals surface area contributed by atoms with Crippen molar-refractivity contribution < 1.29 is 9.53 Å². The number of nitrogens with one attached hydrogen (secondary N) is 3. The molecular weight excluding hydrogens is 595 g/mol. The van der Waals surface area contributed by atoms with E-state index in [1.807, 2.05) is 65.8 Å². The van der Waals surface area contributed by atoms with Crippen LogP contribution in [0.3, 0.4) is 0 Å². The van der Waals surface area contributed by atoms with Crippen LogP contribution in [0.15, 0.2) is 24.3 Å². The highest BCUT2D eigenvalue weighted by atomic mass is 35.5. The molecule has 2 aliphatic rings. The number of halogens is 3. The zero-order valence-electron chi connectivity index (χ0n) is 25.4. The average Bonchev–Trinajstić information content (AvgIpc) is 3.69. The van der Waals surface area contributed by atoms with Crippen LogP contribution in [0.1, 0.15) is 83.1 Å². The molecule has 4 aromatic rings. The standard InChI is InChI=1S/C18H24ClN3O2.C13H16ClN3.ClH/c1-11-12(19)7-8-13-14(11)21-15(20-13)18(5)9-6-10-22(18)16(23)24-17(2,3)4;1-8-9(14)4-5-10-11(8)17-12(16-10)13(2)6-3-7-15-13;/h7-8H,6,9-10H2,1-5H3,(H,20,21);4-5,15H,3,6-7H2,1-2H3,(H,16,17);1H/t18-;13-;/m00./s1. The van der Waals surface area contributed by atoms with E-state index in [4.69, 9.17) is 37.9 Å². The van der Waals surface area contributed by atoms with E-state index in [-0.39, 0.29) is 24.0 Å². The van der Waals surface area contributed by atoms with Crippen molar-refractivity contribution in [2.75, 3.05) is 13.1 Å². The summed E-state index contributed by atoms with van der Waals surface area (Å²) >= 11 is 12.3. The van der Waals surface area contributed by atoms with Gasteiger partial charge < -0.3 is 20.0 Å². The Morgan fingerprint density at radius 1 is 0.905 bits per heavy atom. The highest BCUT2D eigenvalue weighted by Gasteiger charge is 2.45. The number of amides is 1. The van der Waals surface area contributed by atoms with Gasteiger partial charge in [-0.25, -0.2) is 14.8 Å². The molecule has 2 atom stereocenters. The Morgan fingerprint density at radius 3 is 1.98 bits per heavy atom. The Balaban J connectivity index is 0.000000198. The minimum Gasteiger partial charge on any atom is -0.444 e. The Hall–Kier alpha value is -2.52. The summed E-state index contributed by atoms with van der Waals surface area (Å²) < 4.78 is 5.58. The lowest BCUT2D eigenvalue weighted by molar-refractivity contribution is 0.00870. The minimum absolute atomic E-state index is 0. The first-order valence-electron chi connectivity index (χ1n) is 14.3. The first-order chi connectivity index (χ1) is 19.2. The molecule has 11 heteroatoms. The van der Waals surface area contributed by atoms with Gasteiger partial charge in [-0.2, -0.15) is 0 Å². The predicted octanol–water partition coefficient (Wildman–Crippen LogP) is 8.32. The van der Waals surface area contributed by atoms with Crippen molar-refractivity contribution in [3.8, 4) is 0 Å². The first-order valence-corrected chi connectivity index (χ1v) is 15.0. The first kappa shape index (κ1) is 32.4. The monoisotopic (exact) mass is 634 g/mol. The van der Waals surface area contributed by atoms with Gasteiger partial charge in [-0.1, -0.05) is 23.2 Å². The van der Waals surface area contributed by atoms with Gasteiger partial charge >= 0.3 is 6.09 Å². The van der Waals surface area contributed by atoms with Crippen LogP contribution in [0.25, 0.3) is 22.1 Å². The van der Waals surface area contributed by atoms with Gasteiger partial charge in [0, 0.05) is 16.6 Å². The summed E-state index contributed by atoms with van der Waals surface area (Å²) in [6, 6.07) is 7.71. The van der Waals surface area contributed by atoms with E-state index in [0.29, 0.717) is 11.6 Å². The van der Waals surface area contributed by atoms with Crippen LogP contribution in [-0.2, 0) is 15.8 Å². The van der Waals surface area contributed by atoms with Gasteiger partial charge in [-0.3, -0.25) is 4.90 Å². The van der Waals surface area contributed by atoms with E-state index in [1.54, 1.807) is 4.90 Å². The number of carbonyl (C=O) groups excluding carboxylic acids is 1. The minimum atomic E-state index is -0.515. The van der Waals surface area contributed by atoms with E-state index in [0.717, 1.165) is 75.7 Å². The quantitative estimate of drug-likeness (QED) is 0.206. The van der Waals surface area contributed by atoms with Crippen molar-refractivity contribution in [1.29, 1.82) is 0 Å². The molecule has 8 nitrogen and oxygen atoms in total. The highest BCUT2D eigenvalue weighted by molar-refractivity contribution is 6.32. The number of aromatic amines is 2. The summed E-state index contributed by atoms with van der Waals surface area (Å²) in [6.45, 7) is 15.6.